The second kappa shape index (κ2) is 4.86. The van der Waals surface area contributed by atoms with E-state index in [1.54, 1.807) is 6.07 Å². The van der Waals surface area contributed by atoms with Crippen LogP contribution in [0.15, 0.2) is 51.5 Å². The second-order valence-electron chi connectivity index (χ2n) is 4.28. The average Bonchev–Trinajstić information content (AvgIpc) is 3.12. The molecule has 20 heavy (non-hydrogen) atoms. The summed E-state index contributed by atoms with van der Waals surface area (Å²) >= 11 is 0. The third-order valence-corrected chi connectivity index (χ3v) is 3.09. The fourth-order valence-electron chi connectivity index (χ4n) is 2.07. The second-order valence-corrected chi connectivity index (χ2v) is 4.28. The van der Waals surface area contributed by atoms with E-state index in [-0.39, 0.29) is 11.5 Å². The Morgan fingerprint density at radius 1 is 1.25 bits per heavy atom. The monoisotopic (exact) mass is 272 g/mol. The Morgan fingerprint density at radius 3 is 2.85 bits per heavy atom. The highest BCUT2D eigenvalue weighted by Gasteiger charge is 2.21. The molecule has 3 rings (SSSR count). The molecule has 0 saturated heterocycles. The van der Waals surface area contributed by atoms with E-state index >= 15 is 0 Å². The summed E-state index contributed by atoms with van der Waals surface area (Å²) in [7, 11) is 1.27. The van der Waals surface area contributed by atoms with Crippen molar-refractivity contribution in [1.82, 2.24) is 0 Å². The number of benzene rings is 1. The standard InChI is InChI=1S/C15H12O5/c1-18-15(17)13-7-6-12(20-13)14(16)10-8-19-11-5-3-2-4-9(10)11/h2-8,14,16H,1H3. The highest BCUT2D eigenvalue weighted by atomic mass is 16.5. The molecule has 0 spiro atoms. The summed E-state index contributed by atoms with van der Waals surface area (Å²) in [5.41, 5.74) is 1.27. The average molecular weight is 272 g/mol. The summed E-state index contributed by atoms with van der Waals surface area (Å²) in [6, 6.07) is 10.4. The number of furan rings is 2. The number of carbonyl (C=O) groups excluding carboxylic acids is 1. The van der Waals surface area contributed by atoms with E-state index in [4.69, 9.17) is 8.83 Å². The van der Waals surface area contributed by atoms with Crippen LogP contribution in [0.1, 0.15) is 28.0 Å². The van der Waals surface area contributed by atoms with Crippen molar-refractivity contribution >= 4 is 16.9 Å². The summed E-state index contributed by atoms with van der Waals surface area (Å²) in [5.74, 6) is -0.271. The van der Waals surface area contributed by atoms with Crippen LogP contribution >= 0.6 is 0 Å². The van der Waals surface area contributed by atoms with E-state index < -0.39 is 12.1 Å². The Labute approximate surface area is 114 Å². The van der Waals surface area contributed by atoms with Gasteiger partial charge in [-0.15, -0.1) is 0 Å². The number of rotatable bonds is 3. The molecule has 2 heterocycles. The van der Waals surface area contributed by atoms with Gasteiger partial charge >= 0.3 is 5.97 Å². The topological polar surface area (TPSA) is 72.8 Å². The normalized spacial score (nSPS) is 12.5. The number of hydrogen-bond donors (Lipinski definition) is 1. The molecule has 1 N–H and O–H groups in total. The number of aliphatic hydroxyl groups is 1. The van der Waals surface area contributed by atoms with Gasteiger partial charge in [-0.05, 0) is 18.2 Å². The lowest BCUT2D eigenvalue weighted by Crippen LogP contribution is -2.00. The fourth-order valence-corrected chi connectivity index (χ4v) is 2.07. The molecular formula is C15H12O5. The van der Waals surface area contributed by atoms with Gasteiger partial charge in [0.25, 0.3) is 0 Å². The van der Waals surface area contributed by atoms with Gasteiger partial charge in [0.05, 0.1) is 13.4 Å². The lowest BCUT2D eigenvalue weighted by molar-refractivity contribution is 0.0558. The van der Waals surface area contributed by atoms with Crippen LogP contribution in [0.5, 0.6) is 0 Å². The Balaban J connectivity index is 1.98. The van der Waals surface area contributed by atoms with Crippen molar-refractivity contribution in [3.8, 4) is 0 Å². The van der Waals surface area contributed by atoms with Gasteiger partial charge in [0.1, 0.15) is 17.4 Å². The Bertz CT molecular complexity index is 752. The Hall–Kier alpha value is -2.53. The number of ether oxygens (including phenoxy) is 1. The van der Waals surface area contributed by atoms with Crippen molar-refractivity contribution in [3.63, 3.8) is 0 Å². The van der Waals surface area contributed by atoms with Gasteiger partial charge in [0.15, 0.2) is 0 Å². The minimum atomic E-state index is -1.00. The van der Waals surface area contributed by atoms with Crippen molar-refractivity contribution in [2.75, 3.05) is 7.11 Å². The summed E-state index contributed by atoms with van der Waals surface area (Å²) < 4.78 is 15.2. The molecule has 3 aromatic rings. The van der Waals surface area contributed by atoms with Crippen LogP contribution in [0.2, 0.25) is 0 Å². The summed E-state index contributed by atoms with van der Waals surface area (Å²) in [6.07, 6.45) is 0.479. The molecule has 0 aliphatic rings. The predicted molar refractivity (Wildman–Crippen MR) is 70.3 cm³/mol. The van der Waals surface area contributed by atoms with Crippen LogP contribution in [0.4, 0.5) is 0 Å². The van der Waals surface area contributed by atoms with Gasteiger partial charge in [-0.2, -0.15) is 0 Å². The summed E-state index contributed by atoms with van der Waals surface area (Å²) in [6.45, 7) is 0. The van der Waals surface area contributed by atoms with Gasteiger partial charge in [-0.25, -0.2) is 4.79 Å². The maximum Gasteiger partial charge on any atom is 0.373 e. The molecule has 1 aromatic carbocycles. The highest BCUT2D eigenvalue weighted by molar-refractivity contribution is 5.86. The number of methoxy groups -OCH3 is 1. The van der Waals surface area contributed by atoms with E-state index in [9.17, 15) is 9.90 Å². The van der Waals surface area contributed by atoms with Gasteiger partial charge in [0.2, 0.25) is 5.76 Å². The molecule has 5 heteroatoms. The lowest BCUT2D eigenvalue weighted by atomic mass is 10.1. The van der Waals surface area contributed by atoms with Crippen molar-refractivity contribution in [3.05, 3.63) is 59.7 Å². The van der Waals surface area contributed by atoms with E-state index in [0.29, 0.717) is 11.1 Å². The minimum absolute atomic E-state index is 0.0503. The molecule has 0 aliphatic carbocycles. The summed E-state index contributed by atoms with van der Waals surface area (Å²) in [5, 5.41) is 11.1. The Kier molecular flexibility index (Phi) is 3.04. The highest BCUT2D eigenvalue weighted by Crippen LogP contribution is 2.31. The smallest absolute Gasteiger partial charge is 0.373 e. The SMILES string of the molecule is COC(=O)c1ccc(C(O)c2coc3ccccc23)o1. The van der Waals surface area contributed by atoms with Crippen molar-refractivity contribution < 1.29 is 23.5 Å². The predicted octanol–water partition coefficient (Wildman–Crippen LogP) is 2.89. The molecule has 1 unspecified atom stereocenters. The fraction of sp³-hybridized carbons (Fsp3) is 0.133. The first kappa shape index (κ1) is 12.5. The molecule has 0 aliphatic heterocycles. The number of para-hydroxylation sites is 1. The van der Waals surface area contributed by atoms with Gasteiger partial charge in [-0.1, -0.05) is 18.2 Å². The molecular weight excluding hydrogens is 260 g/mol. The molecule has 0 radical (unpaired) electrons. The minimum Gasteiger partial charge on any atom is -0.464 e. The van der Waals surface area contributed by atoms with E-state index in [1.165, 1.54) is 19.4 Å². The van der Waals surface area contributed by atoms with Crippen molar-refractivity contribution in [1.29, 1.82) is 0 Å². The van der Waals surface area contributed by atoms with Crippen LogP contribution in [0.25, 0.3) is 11.0 Å². The van der Waals surface area contributed by atoms with E-state index in [2.05, 4.69) is 4.74 Å². The van der Waals surface area contributed by atoms with Crippen molar-refractivity contribution in [2.24, 2.45) is 0 Å². The lowest BCUT2D eigenvalue weighted by Gasteiger charge is -2.05. The molecule has 0 fully saturated rings. The number of aliphatic hydroxyl groups excluding tert-OH is 1. The van der Waals surface area contributed by atoms with Crippen LogP contribution in [-0.4, -0.2) is 18.2 Å². The molecule has 102 valence electrons. The number of hydrogen-bond acceptors (Lipinski definition) is 5. The summed E-state index contributed by atoms with van der Waals surface area (Å²) in [4.78, 5) is 11.3. The van der Waals surface area contributed by atoms with Crippen LogP contribution < -0.4 is 0 Å². The molecule has 0 bridgehead atoms. The molecule has 1 atom stereocenters. The largest absolute Gasteiger partial charge is 0.464 e. The zero-order valence-corrected chi connectivity index (χ0v) is 10.7. The van der Waals surface area contributed by atoms with Crippen molar-refractivity contribution in [2.45, 2.75) is 6.10 Å². The molecule has 0 saturated carbocycles. The van der Waals surface area contributed by atoms with Gasteiger partial charge < -0.3 is 18.7 Å². The zero-order valence-electron chi connectivity index (χ0n) is 10.7. The quantitative estimate of drug-likeness (QED) is 0.742. The first-order valence-electron chi connectivity index (χ1n) is 6.03. The number of esters is 1. The number of fused-ring (bicyclic) bond motifs is 1. The Morgan fingerprint density at radius 2 is 2.05 bits per heavy atom. The maximum atomic E-state index is 11.3. The van der Waals surface area contributed by atoms with E-state index in [0.717, 1.165) is 5.39 Å². The van der Waals surface area contributed by atoms with Crippen LogP contribution in [0, 0.1) is 0 Å². The van der Waals surface area contributed by atoms with Gasteiger partial charge in [-0.3, -0.25) is 0 Å². The van der Waals surface area contributed by atoms with Gasteiger partial charge in [0, 0.05) is 10.9 Å². The van der Waals surface area contributed by atoms with E-state index in [1.807, 2.05) is 24.3 Å². The molecule has 5 nitrogen and oxygen atoms in total. The van der Waals surface area contributed by atoms with Crippen LogP contribution in [0.3, 0.4) is 0 Å². The maximum absolute atomic E-state index is 11.3. The third kappa shape index (κ3) is 1.98. The zero-order chi connectivity index (χ0) is 14.1. The molecule has 0 amide bonds. The first-order valence-corrected chi connectivity index (χ1v) is 6.03. The first-order chi connectivity index (χ1) is 9.70. The third-order valence-electron chi connectivity index (χ3n) is 3.09. The number of carbonyl (C=O) groups is 1. The molecule has 2 aromatic heterocycles. The van der Waals surface area contributed by atoms with Crippen LogP contribution in [-0.2, 0) is 4.74 Å².